The standard InChI is InChI=1S/C13H16BrNO3/c1-3-13(2,12(17)18)8-15-11(16)9-6-4-5-7-10(9)14/h4-7H,3,8H2,1-2H3,(H,15,16)(H,17,18). The van der Waals surface area contributed by atoms with E-state index in [0.29, 0.717) is 16.5 Å². The van der Waals surface area contributed by atoms with Crippen LogP contribution in [0.5, 0.6) is 0 Å². The third-order valence-corrected chi connectivity index (χ3v) is 3.75. The number of benzene rings is 1. The second-order valence-electron chi connectivity index (χ2n) is 4.38. The van der Waals surface area contributed by atoms with Gasteiger partial charge in [0.25, 0.3) is 5.91 Å². The Balaban J connectivity index is 2.73. The van der Waals surface area contributed by atoms with E-state index in [1.54, 1.807) is 32.0 Å². The molecule has 0 saturated heterocycles. The molecule has 4 nitrogen and oxygen atoms in total. The zero-order valence-corrected chi connectivity index (χ0v) is 12.0. The average Bonchev–Trinajstić information content (AvgIpc) is 2.35. The molecule has 0 aliphatic rings. The van der Waals surface area contributed by atoms with Crippen LogP contribution in [0.25, 0.3) is 0 Å². The molecule has 0 aliphatic carbocycles. The quantitative estimate of drug-likeness (QED) is 0.878. The first-order valence-electron chi connectivity index (χ1n) is 5.67. The van der Waals surface area contributed by atoms with Crippen LogP contribution >= 0.6 is 15.9 Å². The Labute approximate surface area is 115 Å². The van der Waals surface area contributed by atoms with E-state index >= 15 is 0 Å². The molecule has 0 radical (unpaired) electrons. The average molecular weight is 314 g/mol. The van der Waals surface area contributed by atoms with Crippen molar-refractivity contribution in [1.82, 2.24) is 5.32 Å². The summed E-state index contributed by atoms with van der Waals surface area (Å²) in [5, 5.41) is 11.8. The van der Waals surface area contributed by atoms with Gasteiger partial charge in [0.2, 0.25) is 0 Å². The zero-order chi connectivity index (χ0) is 13.8. The van der Waals surface area contributed by atoms with Crippen LogP contribution in [0, 0.1) is 5.41 Å². The molecule has 1 rings (SSSR count). The van der Waals surface area contributed by atoms with Crippen LogP contribution in [0.3, 0.4) is 0 Å². The van der Waals surface area contributed by atoms with Crippen LogP contribution in [0.1, 0.15) is 30.6 Å². The van der Waals surface area contributed by atoms with Crippen molar-refractivity contribution < 1.29 is 14.7 Å². The number of hydrogen-bond acceptors (Lipinski definition) is 2. The molecule has 0 heterocycles. The van der Waals surface area contributed by atoms with Gasteiger partial charge in [-0.3, -0.25) is 9.59 Å². The summed E-state index contributed by atoms with van der Waals surface area (Å²) >= 11 is 3.29. The summed E-state index contributed by atoms with van der Waals surface area (Å²) in [6, 6.07) is 7.03. The predicted octanol–water partition coefficient (Wildman–Crippen LogP) is 2.68. The summed E-state index contributed by atoms with van der Waals surface area (Å²) in [5.74, 6) is -1.18. The zero-order valence-electron chi connectivity index (χ0n) is 10.4. The summed E-state index contributed by atoms with van der Waals surface area (Å²) in [4.78, 5) is 23.0. The fourth-order valence-electron chi connectivity index (χ4n) is 1.37. The summed E-state index contributed by atoms with van der Waals surface area (Å²) in [5.41, 5.74) is -0.432. The summed E-state index contributed by atoms with van der Waals surface area (Å²) in [6.07, 6.45) is 0.457. The van der Waals surface area contributed by atoms with E-state index < -0.39 is 11.4 Å². The van der Waals surface area contributed by atoms with Crippen molar-refractivity contribution in [2.75, 3.05) is 6.54 Å². The van der Waals surface area contributed by atoms with Crippen molar-refractivity contribution >= 4 is 27.8 Å². The lowest BCUT2D eigenvalue weighted by Gasteiger charge is -2.23. The maximum atomic E-state index is 11.9. The first-order valence-corrected chi connectivity index (χ1v) is 6.46. The normalized spacial score (nSPS) is 13.7. The molecule has 98 valence electrons. The SMILES string of the molecule is CCC(C)(CNC(=O)c1ccccc1Br)C(=O)O. The highest BCUT2D eigenvalue weighted by Gasteiger charge is 2.31. The highest BCUT2D eigenvalue weighted by Crippen LogP contribution is 2.21. The molecule has 0 fully saturated rings. The molecule has 2 N–H and O–H groups in total. The Kier molecular flexibility index (Phi) is 4.90. The lowest BCUT2D eigenvalue weighted by molar-refractivity contribution is -0.147. The predicted molar refractivity (Wildman–Crippen MR) is 72.5 cm³/mol. The van der Waals surface area contributed by atoms with Gasteiger partial charge in [-0.25, -0.2) is 0 Å². The Hall–Kier alpha value is -1.36. The van der Waals surface area contributed by atoms with Crippen LogP contribution in [0.2, 0.25) is 0 Å². The van der Waals surface area contributed by atoms with Gasteiger partial charge in [0.05, 0.1) is 11.0 Å². The van der Waals surface area contributed by atoms with Crippen LogP contribution in [-0.4, -0.2) is 23.5 Å². The summed E-state index contributed by atoms with van der Waals surface area (Å²) in [6.45, 7) is 3.52. The van der Waals surface area contributed by atoms with E-state index in [1.807, 2.05) is 6.07 Å². The number of halogens is 1. The molecule has 1 aromatic rings. The molecule has 18 heavy (non-hydrogen) atoms. The Morgan fingerprint density at radius 2 is 2.00 bits per heavy atom. The number of rotatable bonds is 5. The number of carboxylic acid groups (broad SMARTS) is 1. The third kappa shape index (κ3) is 3.32. The molecule has 0 bridgehead atoms. The van der Waals surface area contributed by atoms with Crippen LogP contribution in [0.15, 0.2) is 28.7 Å². The highest BCUT2D eigenvalue weighted by atomic mass is 79.9. The second-order valence-corrected chi connectivity index (χ2v) is 5.24. The maximum Gasteiger partial charge on any atom is 0.311 e. The molecular weight excluding hydrogens is 298 g/mol. The van der Waals surface area contributed by atoms with Crippen molar-refractivity contribution in [2.45, 2.75) is 20.3 Å². The van der Waals surface area contributed by atoms with Gasteiger partial charge in [0, 0.05) is 11.0 Å². The number of carbonyl (C=O) groups excluding carboxylic acids is 1. The first-order chi connectivity index (χ1) is 8.40. The van der Waals surface area contributed by atoms with Crippen LogP contribution in [-0.2, 0) is 4.79 Å². The van der Waals surface area contributed by atoms with E-state index in [9.17, 15) is 9.59 Å². The summed E-state index contributed by atoms with van der Waals surface area (Å²) < 4.78 is 0.691. The van der Waals surface area contributed by atoms with Gasteiger partial charge in [-0.05, 0) is 41.4 Å². The largest absolute Gasteiger partial charge is 0.481 e. The molecule has 1 amide bonds. The number of hydrogen-bond donors (Lipinski definition) is 2. The summed E-state index contributed by atoms with van der Waals surface area (Å²) in [7, 11) is 0. The molecular formula is C13H16BrNO3. The topological polar surface area (TPSA) is 66.4 Å². The molecule has 0 spiro atoms. The smallest absolute Gasteiger partial charge is 0.311 e. The van der Waals surface area contributed by atoms with Gasteiger partial charge >= 0.3 is 5.97 Å². The Morgan fingerprint density at radius 1 is 1.39 bits per heavy atom. The van der Waals surface area contributed by atoms with Crippen molar-refractivity contribution in [3.05, 3.63) is 34.3 Å². The van der Waals surface area contributed by atoms with Crippen LogP contribution < -0.4 is 5.32 Å². The number of amides is 1. The van der Waals surface area contributed by atoms with Crippen molar-refractivity contribution in [1.29, 1.82) is 0 Å². The second kappa shape index (κ2) is 6.00. The van der Waals surface area contributed by atoms with E-state index in [-0.39, 0.29) is 12.5 Å². The number of aliphatic carboxylic acids is 1. The Bertz CT molecular complexity index is 461. The lowest BCUT2D eigenvalue weighted by atomic mass is 9.87. The van der Waals surface area contributed by atoms with E-state index in [1.165, 1.54) is 0 Å². The minimum atomic E-state index is -0.934. The first kappa shape index (κ1) is 14.7. The molecule has 0 saturated carbocycles. The lowest BCUT2D eigenvalue weighted by Crippen LogP contribution is -2.40. The number of nitrogens with one attached hydrogen (secondary N) is 1. The molecule has 1 unspecified atom stereocenters. The van der Waals surface area contributed by atoms with E-state index in [0.717, 1.165) is 0 Å². The van der Waals surface area contributed by atoms with Gasteiger partial charge in [-0.1, -0.05) is 19.1 Å². The van der Waals surface area contributed by atoms with Crippen molar-refractivity contribution in [3.8, 4) is 0 Å². The Morgan fingerprint density at radius 3 is 2.50 bits per heavy atom. The molecule has 5 heteroatoms. The number of carboxylic acids is 1. The van der Waals surface area contributed by atoms with Gasteiger partial charge in [-0.15, -0.1) is 0 Å². The highest BCUT2D eigenvalue weighted by molar-refractivity contribution is 9.10. The van der Waals surface area contributed by atoms with Gasteiger partial charge in [0.15, 0.2) is 0 Å². The minimum Gasteiger partial charge on any atom is -0.481 e. The van der Waals surface area contributed by atoms with Gasteiger partial charge < -0.3 is 10.4 Å². The fourth-order valence-corrected chi connectivity index (χ4v) is 1.83. The van der Waals surface area contributed by atoms with Crippen molar-refractivity contribution in [3.63, 3.8) is 0 Å². The third-order valence-electron chi connectivity index (χ3n) is 3.05. The van der Waals surface area contributed by atoms with E-state index in [2.05, 4.69) is 21.2 Å². The molecule has 0 aliphatic heterocycles. The van der Waals surface area contributed by atoms with Gasteiger partial charge in [0.1, 0.15) is 0 Å². The molecule has 1 aromatic carbocycles. The molecule has 1 atom stereocenters. The van der Waals surface area contributed by atoms with Crippen molar-refractivity contribution in [2.24, 2.45) is 5.41 Å². The maximum absolute atomic E-state index is 11.9. The monoisotopic (exact) mass is 313 g/mol. The van der Waals surface area contributed by atoms with Crippen LogP contribution in [0.4, 0.5) is 0 Å². The molecule has 0 aromatic heterocycles. The number of carbonyl (C=O) groups is 2. The minimum absolute atomic E-state index is 0.110. The van der Waals surface area contributed by atoms with Gasteiger partial charge in [-0.2, -0.15) is 0 Å². The van der Waals surface area contributed by atoms with E-state index in [4.69, 9.17) is 5.11 Å². The fraction of sp³-hybridized carbons (Fsp3) is 0.385.